The highest BCUT2D eigenvalue weighted by atomic mass is 32.2. The number of amides is 1. The maximum absolute atomic E-state index is 12.3. The molecule has 1 rings (SSSR count). The number of rotatable bonds is 8. The Morgan fingerprint density at radius 1 is 1.22 bits per heavy atom. The summed E-state index contributed by atoms with van der Waals surface area (Å²) in [5.74, 6) is -0.344. The first kappa shape index (κ1) is 19.6. The van der Waals surface area contributed by atoms with E-state index in [1.165, 1.54) is 20.2 Å². The highest BCUT2D eigenvalue weighted by Crippen LogP contribution is 2.25. The van der Waals surface area contributed by atoms with Crippen LogP contribution >= 0.6 is 0 Å². The van der Waals surface area contributed by atoms with Crippen LogP contribution < -0.4 is 5.32 Å². The lowest BCUT2D eigenvalue weighted by atomic mass is 10.1. The van der Waals surface area contributed by atoms with Gasteiger partial charge in [-0.05, 0) is 37.1 Å². The van der Waals surface area contributed by atoms with E-state index in [4.69, 9.17) is 9.47 Å². The molecule has 8 heteroatoms. The van der Waals surface area contributed by atoms with Crippen molar-refractivity contribution < 1.29 is 22.7 Å². The fraction of sp³-hybridized carbons (Fsp3) is 0.533. The molecule has 0 spiro atoms. The number of sulfonamides is 1. The first-order chi connectivity index (χ1) is 10.7. The van der Waals surface area contributed by atoms with Crippen molar-refractivity contribution in [2.45, 2.75) is 18.7 Å². The molecule has 1 amide bonds. The van der Waals surface area contributed by atoms with Gasteiger partial charge < -0.3 is 14.8 Å². The van der Waals surface area contributed by atoms with Gasteiger partial charge in [0, 0.05) is 26.9 Å². The summed E-state index contributed by atoms with van der Waals surface area (Å²) < 4.78 is 35.6. The number of nitrogens with one attached hydrogen (secondary N) is 1. The van der Waals surface area contributed by atoms with E-state index in [2.05, 4.69) is 5.32 Å². The zero-order valence-electron chi connectivity index (χ0n) is 14.2. The summed E-state index contributed by atoms with van der Waals surface area (Å²) in [4.78, 5) is 12.0. The van der Waals surface area contributed by atoms with Gasteiger partial charge in [-0.3, -0.25) is 4.79 Å². The van der Waals surface area contributed by atoms with E-state index in [1.807, 2.05) is 6.92 Å². The smallest absolute Gasteiger partial charge is 0.250 e. The lowest BCUT2D eigenvalue weighted by molar-refractivity contribution is -0.121. The zero-order chi connectivity index (χ0) is 17.6. The standard InChI is InChI=1S/C15H24N2O5S/c1-11-8-13(23(19,20)17(3)4)9-14(12(11)2)16-15(18)10-22-7-6-21-5/h8-9H,6-7,10H2,1-5H3,(H,16,18). The van der Waals surface area contributed by atoms with Crippen molar-refractivity contribution in [2.24, 2.45) is 0 Å². The van der Waals surface area contributed by atoms with Crippen molar-refractivity contribution in [1.82, 2.24) is 4.31 Å². The number of carbonyl (C=O) groups is 1. The van der Waals surface area contributed by atoms with Crippen LogP contribution in [0, 0.1) is 13.8 Å². The van der Waals surface area contributed by atoms with Gasteiger partial charge in [-0.1, -0.05) is 0 Å². The average molecular weight is 344 g/mol. The number of hydrogen-bond donors (Lipinski definition) is 1. The van der Waals surface area contributed by atoms with Gasteiger partial charge in [0.2, 0.25) is 15.9 Å². The molecule has 7 nitrogen and oxygen atoms in total. The largest absolute Gasteiger partial charge is 0.382 e. The number of nitrogens with zero attached hydrogens (tertiary/aromatic N) is 1. The number of aryl methyl sites for hydroxylation is 1. The van der Waals surface area contributed by atoms with E-state index in [1.54, 1.807) is 20.1 Å². The van der Waals surface area contributed by atoms with Gasteiger partial charge in [-0.15, -0.1) is 0 Å². The Balaban J connectivity index is 2.95. The summed E-state index contributed by atoms with van der Waals surface area (Å²) in [6.45, 7) is 4.23. The van der Waals surface area contributed by atoms with E-state index in [0.29, 0.717) is 18.9 Å². The van der Waals surface area contributed by atoms with Crippen LogP contribution in [0.5, 0.6) is 0 Å². The van der Waals surface area contributed by atoms with Crippen molar-refractivity contribution in [1.29, 1.82) is 0 Å². The van der Waals surface area contributed by atoms with Crippen molar-refractivity contribution >= 4 is 21.6 Å². The molecule has 130 valence electrons. The molecule has 1 aromatic carbocycles. The predicted molar refractivity (Wildman–Crippen MR) is 88.1 cm³/mol. The van der Waals surface area contributed by atoms with Crippen molar-refractivity contribution in [2.75, 3.05) is 46.3 Å². The maximum atomic E-state index is 12.3. The van der Waals surface area contributed by atoms with Crippen molar-refractivity contribution in [3.8, 4) is 0 Å². The summed E-state index contributed by atoms with van der Waals surface area (Å²) in [6.07, 6.45) is 0. The van der Waals surface area contributed by atoms with Crippen LogP contribution in [0.2, 0.25) is 0 Å². The SMILES string of the molecule is COCCOCC(=O)Nc1cc(S(=O)(=O)N(C)C)cc(C)c1C. The third-order valence-electron chi connectivity index (χ3n) is 3.36. The Morgan fingerprint density at radius 2 is 1.87 bits per heavy atom. The molecule has 0 aliphatic heterocycles. The van der Waals surface area contributed by atoms with Crippen LogP contribution in [-0.4, -0.2) is 59.7 Å². The molecular weight excluding hydrogens is 320 g/mol. The molecule has 0 saturated heterocycles. The molecule has 1 aromatic rings. The highest BCUT2D eigenvalue weighted by Gasteiger charge is 2.20. The van der Waals surface area contributed by atoms with Crippen LogP contribution in [0.3, 0.4) is 0 Å². The molecular formula is C15H24N2O5S. The Morgan fingerprint density at radius 3 is 2.43 bits per heavy atom. The third-order valence-corrected chi connectivity index (χ3v) is 5.15. The van der Waals surface area contributed by atoms with E-state index in [9.17, 15) is 13.2 Å². The van der Waals surface area contributed by atoms with Gasteiger partial charge in [0.15, 0.2) is 0 Å². The first-order valence-corrected chi connectivity index (χ1v) is 8.54. The van der Waals surface area contributed by atoms with Crippen LogP contribution in [0.25, 0.3) is 0 Å². The second kappa shape index (κ2) is 8.39. The van der Waals surface area contributed by atoms with Crippen LogP contribution in [0.15, 0.2) is 17.0 Å². The average Bonchev–Trinajstić information content (AvgIpc) is 2.47. The van der Waals surface area contributed by atoms with Gasteiger partial charge in [0.05, 0.1) is 18.1 Å². The molecule has 0 heterocycles. The Bertz CT molecular complexity index is 656. The fourth-order valence-electron chi connectivity index (χ4n) is 1.81. The number of ether oxygens (including phenoxy) is 2. The topological polar surface area (TPSA) is 84.9 Å². The molecule has 0 aromatic heterocycles. The highest BCUT2D eigenvalue weighted by molar-refractivity contribution is 7.89. The van der Waals surface area contributed by atoms with Gasteiger partial charge in [0.1, 0.15) is 6.61 Å². The lowest BCUT2D eigenvalue weighted by Gasteiger charge is -2.16. The predicted octanol–water partition coefficient (Wildman–Crippen LogP) is 1.16. The molecule has 0 fully saturated rings. The van der Waals surface area contributed by atoms with Crippen molar-refractivity contribution in [3.63, 3.8) is 0 Å². The van der Waals surface area contributed by atoms with Crippen LogP contribution in [0.1, 0.15) is 11.1 Å². The molecule has 23 heavy (non-hydrogen) atoms. The first-order valence-electron chi connectivity index (χ1n) is 7.10. The summed E-state index contributed by atoms with van der Waals surface area (Å²) in [5, 5.41) is 2.69. The van der Waals surface area contributed by atoms with Crippen LogP contribution in [-0.2, 0) is 24.3 Å². The Kier molecular flexibility index (Phi) is 7.14. The quantitative estimate of drug-likeness (QED) is 0.715. The molecule has 0 unspecified atom stereocenters. The Labute approximate surface area is 137 Å². The van der Waals surface area contributed by atoms with E-state index in [-0.39, 0.29) is 17.4 Å². The zero-order valence-corrected chi connectivity index (χ0v) is 15.0. The lowest BCUT2D eigenvalue weighted by Crippen LogP contribution is -2.23. The normalized spacial score (nSPS) is 11.7. The number of anilines is 1. The minimum absolute atomic E-state index is 0.119. The summed E-state index contributed by atoms with van der Waals surface area (Å²) in [6, 6.07) is 3.06. The van der Waals surface area contributed by atoms with Gasteiger partial charge in [0.25, 0.3) is 0 Å². The summed E-state index contributed by atoms with van der Waals surface area (Å²) in [5.41, 5.74) is 2.06. The molecule has 0 radical (unpaired) electrons. The monoisotopic (exact) mass is 344 g/mol. The number of benzene rings is 1. The minimum atomic E-state index is -3.56. The van der Waals surface area contributed by atoms with Gasteiger partial charge in [-0.25, -0.2) is 12.7 Å². The Hall–Kier alpha value is -1.48. The molecule has 1 N–H and O–H groups in total. The van der Waals surface area contributed by atoms with Gasteiger partial charge >= 0.3 is 0 Å². The van der Waals surface area contributed by atoms with E-state index < -0.39 is 10.0 Å². The second-order valence-electron chi connectivity index (χ2n) is 5.29. The summed E-state index contributed by atoms with van der Waals surface area (Å²) in [7, 11) is 0.913. The molecule has 0 bridgehead atoms. The van der Waals surface area contributed by atoms with Crippen molar-refractivity contribution in [3.05, 3.63) is 23.3 Å². The number of carbonyl (C=O) groups excluding carboxylic acids is 1. The minimum Gasteiger partial charge on any atom is -0.382 e. The second-order valence-corrected chi connectivity index (χ2v) is 7.45. The summed E-state index contributed by atoms with van der Waals surface area (Å²) >= 11 is 0. The number of hydrogen-bond acceptors (Lipinski definition) is 5. The van der Waals surface area contributed by atoms with Crippen LogP contribution in [0.4, 0.5) is 5.69 Å². The van der Waals surface area contributed by atoms with E-state index >= 15 is 0 Å². The fourth-order valence-corrected chi connectivity index (χ4v) is 2.82. The maximum Gasteiger partial charge on any atom is 0.250 e. The van der Waals surface area contributed by atoms with E-state index in [0.717, 1.165) is 15.4 Å². The molecule has 0 atom stereocenters. The third kappa shape index (κ3) is 5.28. The molecule has 0 aliphatic rings. The number of methoxy groups -OCH3 is 1. The molecule has 0 aliphatic carbocycles. The van der Waals surface area contributed by atoms with Gasteiger partial charge in [-0.2, -0.15) is 0 Å². The molecule has 0 saturated carbocycles.